The van der Waals surface area contributed by atoms with E-state index < -0.39 is 18.0 Å². The first-order chi connectivity index (χ1) is 11.9. The van der Waals surface area contributed by atoms with E-state index in [-0.39, 0.29) is 25.2 Å². The Labute approximate surface area is 147 Å². The van der Waals surface area contributed by atoms with Crippen LogP contribution >= 0.6 is 11.9 Å². The molecule has 2 N–H and O–H groups in total. The molecule has 0 amide bonds. The standard InChI is InChI=1S/C16H18F4N4S/c17-10-7-11(24-6-5-21-4-3-13(24)16(18,19)20)14-12(8-10)25-23-15(22-14)9-1-2-9/h7-9,13,21H,1-6H2,(H,22,23). The van der Waals surface area contributed by atoms with Crippen molar-refractivity contribution in [3.8, 4) is 0 Å². The van der Waals surface area contributed by atoms with Crippen molar-refractivity contribution in [3.63, 3.8) is 0 Å². The molecule has 0 spiro atoms. The first-order valence-electron chi connectivity index (χ1n) is 8.32. The summed E-state index contributed by atoms with van der Waals surface area (Å²) >= 11 is 1.23. The van der Waals surface area contributed by atoms with Crippen molar-refractivity contribution >= 4 is 29.2 Å². The summed E-state index contributed by atoms with van der Waals surface area (Å²) in [6, 6.07) is 0.860. The third-order valence-corrected chi connectivity index (χ3v) is 5.51. The minimum absolute atomic E-state index is 0.0701. The summed E-state index contributed by atoms with van der Waals surface area (Å²) in [5.74, 6) is 0.566. The molecule has 9 heteroatoms. The molecule has 2 aliphatic heterocycles. The number of nitrogens with one attached hydrogen (secondary N) is 2. The first-order valence-corrected chi connectivity index (χ1v) is 9.14. The Morgan fingerprint density at radius 2 is 1.96 bits per heavy atom. The first kappa shape index (κ1) is 17.0. The van der Waals surface area contributed by atoms with Gasteiger partial charge < -0.3 is 14.9 Å². The summed E-state index contributed by atoms with van der Waals surface area (Å²) in [5.41, 5.74) is 0.677. The lowest BCUT2D eigenvalue weighted by atomic mass is 10.1. The van der Waals surface area contributed by atoms with Gasteiger partial charge in [0, 0.05) is 19.0 Å². The average Bonchev–Trinajstić information content (AvgIpc) is 3.39. The van der Waals surface area contributed by atoms with Gasteiger partial charge in [0.1, 0.15) is 23.4 Å². The molecule has 1 aromatic rings. The third-order valence-electron chi connectivity index (χ3n) is 4.67. The number of hydrogen-bond donors (Lipinski definition) is 2. The van der Waals surface area contributed by atoms with Crippen molar-refractivity contribution in [2.75, 3.05) is 24.5 Å². The van der Waals surface area contributed by atoms with Gasteiger partial charge >= 0.3 is 6.18 Å². The van der Waals surface area contributed by atoms with Crippen molar-refractivity contribution in [1.82, 2.24) is 10.0 Å². The number of amidine groups is 1. The maximum Gasteiger partial charge on any atom is 0.408 e. The second-order valence-electron chi connectivity index (χ2n) is 6.54. The van der Waals surface area contributed by atoms with Gasteiger partial charge in [0.25, 0.3) is 0 Å². The van der Waals surface area contributed by atoms with Gasteiger partial charge in [-0.15, -0.1) is 0 Å². The van der Waals surface area contributed by atoms with Crippen molar-refractivity contribution in [2.45, 2.75) is 36.4 Å². The van der Waals surface area contributed by atoms with Crippen LogP contribution in [0.5, 0.6) is 0 Å². The number of hydrogen-bond acceptors (Lipinski definition) is 5. The van der Waals surface area contributed by atoms with E-state index in [0.29, 0.717) is 23.0 Å². The van der Waals surface area contributed by atoms with Gasteiger partial charge in [-0.1, -0.05) is 0 Å². The summed E-state index contributed by atoms with van der Waals surface area (Å²) in [6.45, 7) is 0.861. The molecule has 0 aromatic heterocycles. The van der Waals surface area contributed by atoms with E-state index in [9.17, 15) is 17.6 Å². The minimum atomic E-state index is -4.38. The monoisotopic (exact) mass is 374 g/mol. The summed E-state index contributed by atoms with van der Waals surface area (Å²) in [6.07, 6.45) is -2.40. The summed E-state index contributed by atoms with van der Waals surface area (Å²) in [5, 5.41) is 2.99. The third kappa shape index (κ3) is 3.44. The van der Waals surface area contributed by atoms with E-state index in [4.69, 9.17) is 0 Å². The second kappa shape index (κ2) is 6.35. The molecule has 1 saturated heterocycles. The van der Waals surface area contributed by atoms with Crippen LogP contribution in [0.25, 0.3) is 0 Å². The maximum atomic E-state index is 14.1. The Bertz CT molecular complexity index is 702. The van der Waals surface area contributed by atoms with E-state index in [1.54, 1.807) is 0 Å². The van der Waals surface area contributed by atoms with Crippen LogP contribution in [0, 0.1) is 11.7 Å². The Morgan fingerprint density at radius 1 is 1.16 bits per heavy atom. The van der Waals surface area contributed by atoms with Gasteiger partial charge in [-0.3, -0.25) is 0 Å². The van der Waals surface area contributed by atoms with Gasteiger partial charge in [-0.2, -0.15) is 13.2 Å². The van der Waals surface area contributed by atoms with Crippen LogP contribution < -0.4 is 14.9 Å². The molecule has 1 saturated carbocycles. The maximum absolute atomic E-state index is 14.1. The molecule has 2 fully saturated rings. The molecule has 4 nitrogen and oxygen atoms in total. The quantitative estimate of drug-likeness (QED) is 0.613. The van der Waals surface area contributed by atoms with Gasteiger partial charge in [0.2, 0.25) is 0 Å². The highest BCUT2D eigenvalue weighted by atomic mass is 32.2. The van der Waals surface area contributed by atoms with E-state index in [2.05, 4.69) is 15.0 Å². The SMILES string of the molecule is Fc1cc2c(c(N3CCNCCC3C(F)(F)F)c1)N=C(C1CC1)NS2. The Kier molecular flexibility index (Phi) is 4.31. The van der Waals surface area contributed by atoms with Crippen LogP contribution in [0.1, 0.15) is 19.3 Å². The molecular weight excluding hydrogens is 356 g/mol. The highest BCUT2D eigenvalue weighted by molar-refractivity contribution is 7.98. The van der Waals surface area contributed by atoms with Crippen LogP contribution in [-0.2, 0) is 0 Å². The second-order valence-corrected chi connectivity index (χ2v) is 7.38. The van der Waals surface area contributed by atoms with Crippen molar-refractivity contribution in [2.24, 2.45) is 10.9 Å². The topological polar surface area (TPSA) is 39.7 Å². The molecule has 0 bridgehead atoms. The highest BCUT2D eigenvalue weighted by Crippen LogP contribution is 2.45. The number of halogens is 4. The predicted molar refractivity (Wildman–Crippen MR) is 89.9 cm³/mol. The summed E-state index contributed by atoms with van der Waals surface area (Å²) in [7, 11) is 0. The molecule has 1 aromatic carbocycles. The van der Waals surface area contributed by atoms with Crippen molar-refractivity contribution < 1.29 is 17.6 Å². The molecular formula is C16H18F4N4S. The zero-order chi connectivity index (χ0) is 17.6. The fourth-order valence-corrected chi connectivity index (χ4v) is 4.10. The lowest BCUT2D eigenvalue weighted by molar-refractivity contribution is -0.149. The summed E-state index contributed by atoms with van der Waals surface area (Å²) < 4.78 is 58.0. The fourth-order valence-electron chi connectivity index (χ4n) is 3.26. The molecule has 0 radical (unpaired) electrons. The van der Waals surface area contributed by atoms with Crippen LogP contribution in [-0.4, -0.2) is 37.7 Å². The highest BCUT2D eigenvalue weighted by Gasteiger charge is 2.45. The Morgan fingerprint density at radius 3 is 2.68 bits per heavy atom. The number of anilines is 1. The van der Waals surface area contributed by atoms with E-state index in [1.807, 2.05) is 0 Å². The molecule has 1 unspecified atom stereocenters. The molecule has 2 heterocycles. The molecule has 3 aliphatic rings. The van der Waals surface area contributed by atoms with E-state index >= 15 is 0 Å². The van der Waals surface area contributed by atoms with Gasteiger partial charge in [0.15, 0.2) is 0 Å². The van der Waals surface area contributed by atoms with E-state index in [0.717, 1.165) is 18.7 Å². The Hall–Kier alpha value is -1.48. The molecule has 1 atom stereocenters. The molecule has 136 valence electrons. The largest absolute Gasteiger partial charge is 0.408 e. The van der Waals surface area contributed by atoms with Gasteiger partial charge in [-0.25, -0.2) is 9.38 Å². The number of alkyl halides is 3. The zero-order valence-corrected chi connectivity index (χ0v) is 14.2. The summed E-state index contributed by atoms with van der Waals surface area (Å²) in [4.78, 5) is 6.35. The molecule has 1 aliphatic carbocycles. The van der Waals surface area contributed by atoms with Crippen LogP contribution in [0.4, 0.5) is 28.9 Å². The number of rotatable bonds is 2. The smallest absolute Gasteiger partial charge is 0.357 e. The van der Waals surface area contributed by atoms with E-state index in [1.165, 1.54) is 29.0 Å². The zero-order valence-electron chi connectivity index (χ0n) is 13.4. The minimum Gasteiger partial charge on any atom is -0.357 e. The predicted octanol–water partition coefficient (Wildman–Crippen LogP) is 3.61. The lowest BCUT2D eigenvalue weighted by Crippen LogP contribution is -2.46. The number of fused-ring (bicyclic) bond motifs is 1. The van der Waals surface area contributed by atoms with Gasteiger partial charge in [-0.05, 0) is 49.9 Å². The van der Waals surface area contributed by atoms with Crippen LogP contribution in [0.15, 0.2) is 22.0 Å². The molecule has 25 heavy (non-hydrogen) atoms. The van der Waals surface area contributed by atoms with Crippen molar-refractivity contribution in [1.29, 1.82) is 0 Å². The lowest BCUT2D eigenvalue weighted by Gasteiger charge is -2.35. The normalized spacial score (nSPS) is 24.2. The number of nitrogens with zero attached hydrogens (tertiary/aromatic N) is 2. The van der Waals surface area contributed by atoms with Crippen LogP contribution in [0.2, 0.25) is 0 Å². The number of aliphatic imine (C=N–C) groups is 1. The fraction of sp³-hybridized carbons (Fsp3) is 0.562. The van der Waals surface area contributed by atoms with Gasteiger partial charge in [0.05, 0.1) is 10.6 Å². The average molecular weight is 374 g/mol. The van der Waals surface area contributed by atoms with Crippen molar-refractivity contribution in [3.05, 3.63) is 17.9 Å². The molecule has 4 rings (SSSR count). The number of benzene rings is 1. The van der Waals surface area contributed by atoms with Crippen LogP contribution in [0.3, 0.4) is 0 Å². The Balaban J connectivity index is 1.79.